The molecule has 1 unspecified atom stereocenters. The second kappa shape index (κ2) is 4.62. The van der Waals surface area contributed by atoms with Crippen molar-refractivity contribution in [3.63, 3.8) is 0 Å². The van der Waals surface area contributed by atoms with Crippen molar-refractivity contribution in [3.8, 4) is 0 Å². The summed E-state index contributed by atoms with van der Waals surface area (Å²) in [5, 5.41) is 10.1. The molecule has 10 nitrogen and oxygen atoms in total. The molecule has 0 amide bonds. The fourth-order valence-corrected chi connectivity index (χ4v) is 3.16. The van der Waals surface area contributed by atoms with E-state index in [4.69, 9.17) is 9.26 Å². The molecule has 3 heterocycles. The third kappa shape index (κ3) is 2.26. The Kier molecular flexibility index (Phi) is 3.16. The van der Waals surface area contributed by atoms with Crippen molar-refractivity contribution in [3.05, 3.63) is 33.1 Å². The Labute approximate surface area is 111 Å². The molecule has 3 N–H and O–H groups in total. The molecular formula is C9H11N2O8P. The Bertz CT molecular complexity index is 683. The molecule has 0 bridgehead atoms. The van der Waals surface area contributed by atoms with Gasteiger partial charge in [-0.1, -0.05) is 0 Å². The lowest BCUT2D eigenvalue weighted by Gasteiger charge is -2.27. The van der Waals surface area contributed by atoms with Gasteiger partial charge in [-0.15, -0.1) is 0 Å². The maximum atomic E-state index is 11.6. The van der Waals surface area contributed by atoms with Gasteiger partial charge in [0.1, 0.15) is 18.3 Å². The molecule has 3 rings (SSSR count). The van der Waals surface area contributed by atoms with Crippen LogP contribution in [0.25, 0.3) is 0 Å². The second-order valence-corrected chi connectivity index (χ2v) is 5.81. The molecule has 2 saturated heterocycles. The number of fused-ring (bicyclic) bond motifs is 1. The summed E-state index contributed by atoms with van der Waals surface area (Å²) in [4.78, 5) is 33.9. The summed E-state index contributed by atoms with van der Waals surface area (Å²) in [5.74, 6) is 0. The summed E-state index contributed by atoms with van der Waals surface area (Å²) >= 11 is 0. The van der Waals surface area contributed by atoms with Gasteiger partial charge in [0.05, 0.1) is 6.61 Å². The molecule has 2 aliphatic rings. The van der Waals surface area contributed by atoms with Crippen LogP contribution in [0.1, 0.15) is 6.23 Å². The zero-order valence-corrected chi connectivity index (χ0v) is 10.8. The van der Waals surface area contributed by atoms with Crippen LogP contribution in [0.5, 0.6) is 0 Å². The van der Waals surface area contributed by atoms with Crippen molar-refractivity contribution >= 4 is 7.82 Å². The number of nitrogens with one attached hydrogen (secondary N) is 1. The van der Waals surface area contributed by atoms with Crippen LogP contribution >= 0.6 is 7.82 Å². The zero-order chi connectivity index (χ0) is 14.5. The SMILES string of the molecule is O=c1ccn([C@@H]2O[C@@H]3COP(=O)(O)O[C@@H]3[C@H]2O)c(=O)[nH]1. The number of hydrogen-bond donors (Lipinski definition) is 3. The van der Waals surface area contributed by atoms with E-state index >= 15 is 0 Å². The average Bonchev–Trinajstić information content (AvgIpc) is 2.66. The van der Waals surface area contributed by atoms with Crippen LogP contribution in [-0.4, -0.2) is 44.5 Å². The highest BCUT2D eigenvalue weighted by atomic mass is 31.2. The summed E-state index contributed by atoms with van der Waals surface area (Å²) < 4.78 is 27.0. The molecule has 11 heteroatoms. The number of aliphatic hydroxyl groups is 1. The summed E-state index contributed by atoms with van der Waals surface area (Å²) in [7, 11) is -4.22. The monoisotopic (exact) mass is 306 g/mol. The van der Waals surface area contributed by atoms with Gasteiger partial charge in [-0.2, -0.15) is 0 Å². The molecule has 0 aliphatic carbocycles. The molecule has 2 fully saturated rings. The normalized spacial score (nSPS) is 40.5. The van der Waals surface area contributed by atoms with E-state index < -0.39 is 43.6 Å². The van der Waals surface area contributed by atoms with Gasteiger partial charge >= 0.3 is 13.5 Å². The van der Waals surface area contributed by atoms with Crippen LogP contribution in [0.15, 0.2) is 21.9 Å². The Hall–Kier alpha value is -1.29. The first-order chi connectivity index (χ1) is 9.37. The summed E-state index contributed by atoms with van der Waals surface area (Å²) in [6.07, 6.45) is -3.22. The van der Waals surface area contributed by atoms with E-state index in [9.17, 15) is 24.2 Å². The first-order valence-corrected chi connectivity index (χ1v) is 7.18. The number of phosphoric ester groups is 1. The van der Waals surface area contributed by atoms with Gasteiger partial charge in [-0.25, -0.2) is 9.36 Å². The molecule has 2 aliphatic heterocycles. The number of hydrogen-bond acceptors (Lipinski definition) is 7. The maximum absolute atomic E-state index is 11.6. The number of aliphatic hydroxyl groups excluding tert-OH is 1. The maximum Gasteiger partial charge on any atom is 0.472 e. The topological polar surface area (TPSA) is 140 Å². The van der Waals surface area contributed by atoms with Crippen molar-refractivity contribution in [2.75, 3.05) is 6.61 Å². The minimum absolute atomic E-state index is 0.246. The van der Waals surface area contributed by atoms with E-state index in [2.05, 4.69) is 4.52 Å². The third-order valence-corrected chi connectivity index (χ3v) is 4.08. The Morgan fingerprint density at radius 1 is 1.45 bits per heavy atom. The van der Waals surface area contributed by atoms with Crippen molar-refractivity contribution in [1.29, 1.82) is 0 Å². The number of H-pyrrole nitrogens is 1. The second-order valence-electron chi connectivity index (χ2n) is 4.41. The molecule has 0 spiro atoms. The molecule has 0 radical (unpaired) electrons. The molecule has 0 saturated carbocycles. The summed E-state index contributed by atoms with van der Waals surface area (Å²) in [6.45, 7) is -0.246. The highest BCUT2D eigenvalue weighted by molar-refractivity contribution is 7.47. The van der Waals surface area contributed by atoms with Crippen molar-refractivity contribution in [2.45, 2.75) is 24.5 Å². The van der Waals surface area contributed by atoms with E-state index in [1.54, 1.807) is 0 Å². The number of aromatic amines is 1. The molecule has 110 valence electrons. The largest absolute Gasteiger partial charge is 0.472 e. The van der Waals surface area contributed by atoms with Gasteiger partial charge in [-0.3, -0.25) is 23.4 Å². The van der Waals surface area contributed by atoms with Crippen molar-refractivity contribution in [2.24, 2.45) is 0 Å². The minimum atomic E-state index is -4.22. The highest BCUT2D eigenvalue weighted by Crippen LogP contribution is 2.52. The fraction of sp³-hybridized carbons (Fsp3) is 0.556. The van der Waals surface area contributed by atoms with E-state index in [0.29, 0.717) is 0 Å². The predicted octanol–water partition coefficient (Wildman–Crippen LogP) is -1.69. The van der Waals surface area contributed by atoms with Gasteiger partial charge in [-0.05, 0) is 0 Å². The van der Waals surface area contributed by atoms with Crippen LogP contribution in [-0.2, 0) is 18.3 Å². The Morgan fingerprint density at radius 2 is 2.20 bits per heavy atom. The molecule has 20 heavy (non-hydrogen) atoms. The van der Waals surface area contributed by atoms with E-state index in [0.717, 1.165) is 16.8 Å². The van der Waals surface area contributed by atoms with Gasteiger partial charge < -0.3 is 14.7 Å². The van der Waals surface area contributed by atoms with Crippen LogP contribution in [0.2, 0.25) is 0 Å². The smallest absolute Gasteiger partial charge is 0.386 e. The van der Waals surface area contributed by atoms with Crippen LogP contribution in [0, 0.1) is 0 Å². The van der Waals surface area contributed by atoms with Crippen LogP contribution < -0.4 is 11.2 Å². The van der Waals surface area contributed by atoms with Gasteiger partial charge in [0.25, 0.3) is 5.56 Å². The van der Waals surface area contributed by atoms with E-state index in [1.165, 1.54) is 0 Å². The quantitative estimate of drug-likeness (QED) is 0.522. The van der Waals surface area contributed by atoms with Crippen LogP contribution in [0.3, 0.4) is 0 Å². The van der Waals surface area contributed by atoms with Crippen molar-refractivity contribution in [1.82, 2.24) is 9.55 Å². The van der Waals surface area contributed by atoms with Crippen LogP contribution in [0.4, 0.5) is 0 Å². The minimum Gasteiger partial charge on any atom is -0.386 e. The number of rotatable bonds is 1. The number of phosphoric acid groups is 1. The number of aromatic nitrogens is 2. The fourth-order valence-electron chi connectivity index (χ4n) is 2.19. The first-order valence-electron chi connectivity index (χ1n) is 5.68. The molecule has 1 aromatic heterocycles. The van der Waals surface area contributed by atoms with Gasteiger partial charge in [0.15, 0.2) is 6.23 Å². The lowest BCUT2D eigenvalue weighted by molar-refractivity contribution is -0.0685. The zero-order valence-electron chi connectivity index (χ0n) is 9.91. The number of ether oxygens (including phenoxy) is 1. The molecule has 1 aromatic rings. The van der Waals surface area contributed by atoms with E-state index in [1.807, 2.05) is 4.98 Å². The van der Waals surface area contributed by atoms with Crippen molar-refractivity contribution < 1.29 is 28.3 Å². The summed E-state index contributed by atoms with van der Waals surface area (Å²) in [6, 6.07) is 1.09. The molecule has 5 atom stereocenters. The lowest BCUT2D eigenvalue weighted by Crippen LogP contribution is -2.40. The summed E-state index contributed by atoms with van der Waals surface area (Å²) in [5.41, 5.74) is -1.36. The highest BCUT2D eigenvalue weighted by Gasteiger charge is 2.52. The Balaban J connectivity index is 1.92. The van der Waals surface area contributed by atoms with Gasteiger partial charge in [0, 0.05) is 12.3 Å². The van der Waals surface area contributed by atoms with E-state index in [-0.39, 0.29) is 6.61 Å². The molecule has 0 aromatic carbocycles. The number of nitrogens with zero attached hydrogens (tertiary/aromatic N) is 1. The standard InChI is InChI=1S/C9H11N2O8P/c12-5-1-2-11(9(14)10-5)8-6(13)7-4(18-8)3-17-20(15,16)19-7/h1-2,4,6-8,13H,3H2,(H,15,16)(H,10,12,14)/t4-,6-,7+,8-/m1/s1. The average molecular weight is 306 g/mol. The Morgan fingerprint density at radius 3 is 2.90 bits per heavy atom. The predicted molar refractivity (Wildman–Crippen MR) is 61.9 cm³/mol. The third-order valence-electron chi connectivity index (χ3n) is 3.09. The van der Waals surface area contributed by atoms with Gasteiger partial charge in [0.2, 0.25) is 0 Å². The lowest BCUT2D eigenvalue weighted by atomic mass is 10.1. The molecular weight excluding hydrogens is 295 g/mol. The first kappa shape index (κ1) is 13.7.